The van der Waals surface area contributed by atoms with Crippen LogP contribution in [0.25, 0.3) is 22.0 Å². The number of hydrogen-bond acceptors (Lipinski definition) is 3. The highest BCUT2D eigenvalue weighted by molar-refractivity contribution is 5.98. The first kappa shape index (κ1) is 19.3. The summed E-state index contributed by atoms with van der Waals surface area (Å²) in [4.78, 5) is 23.2. The summed E-state index contributed by atoms with van der Waals surface area (Å²) in [5, 5.41) is 1.24. The summed E-state index contributed by atoms with van der Waals surface area (Å²) in [5.41, 5.74) is 5.40. The van der Waals surface area contributed by atoms with Crippen LogP contribution in [0.3, 0.4) is 0 Å². The third-order valence-corrected chi connectivity index (χ3v) is 6.74. The van der Waals surface area contributed by atoms with Gasteiger partial charge in [-0.15, -0.1) is 0 Å². The molecule has 2 aliphatic rings. The number of nitrogens with zero attached hydrogens (tertiary/aromatic N) is 2. The second kappa shape index (κ2) is 7.55. The van der Waals surface area contributed by atoms with Gasteiger partial charge in [0.25, 0.3) is 5.91 Å². The van der Waals surface area contributed by atoms with Crippen molar-refractivity contribution in [1.29, 1.82) is 0 Å². The Morgan fingerprint density at radius 1 is 1.23 bits per heavy atom. The smallest absolute Gasteiger partial charge is 0.254 e. The fourth-order valence-corrected chi connectivity index (χ4v) is 5.14. The number of piperidine rings is 1. The zero-order valence-electron chi connectivity index (χ0n) is 17.8. The number of aryl methyl sites for hydroxylation is 1. The molecule has 1 aromatic carbocycles. The van der Waals surface area contributed by atoms with Crippen LogP contribution in [0.1, 0.15) is 49.8 Å². The molecule has 30 heavy (non-hydrogen) atoms. The number of ether oxygens (including phenoxy) is 1. The molecular weight excluding hydrogens is 374 g/mol. The zero-order valence-corrected chi connectivity index (χ0v) is 17.8. The minimum absolute atomic E-state index is 0.155. The SMILES string of the molecule is Cc1ccc2[nH]c([C@@H]3CCCN(C(=O)[C@@]4(C)CCCO4)C3)c(-c3ccncc3)c2c1. The highest BCUT2D eigenvalue weighted by Crippen LogP contribution is 2.40. The molecule has 2 aliphatic heterocycles. The predicted octanol–water partition coefficient (Wildman–Crippen LogP) is 4.81. The first-order chi connectivity index (χ1) is 14.5. The zero-order chi connectivity index (χ0) is 20.7. The largest absolute Gasteiger partial charge is 0.365 e. The van der Waals surface area contributed by atoms with Crippen LogP contribution in [0, 0.1) is 6.92 Å². The highest BCUT2D eigenvalue weighted by atomic mass is 16.5. The van der Waals surface area contributed by atoms with Crippen molar-refractivity contribution >= 4 is 16.8 Å². The van der Waals surface area contributed by atoms with E-state index in [0.717, 1.165) is 44.3 Å². The van der Waals surface area contributed by atoms with Gasteiger partial charge in [-0.05, 0) is 69.4 Å². The molecule has 3 aromatic rings. The van der Waals surface area contributed by atoms with E-state index in [2.05, 4.69) is 47.2 Å². The number of nitrogens with one attached hydrogen (secondary N) is 1. The summed E-state index contributed by atoms with van der Waals surface area (Å²) >= 11 is 0. The van der Waals surface area contributed by atoms with Gasteiger partial charge in [0.2, 0.25) is 0 Å². The Labute approximate surface area is 177 Å². The highest BCUT2D eigenvalue weighted by Gasteiger charge is 2.42. The number of amides is 1. The fourth-order valence-electron chi connectivity index (χ4n) is 5.14. The number of fused-ring (bicyclic) bond motifs is 1. The van der Waals surface area contributed by atoms with Gasteiger partial charge in [0.05, 0.1) is 0 Å². The van der Waals surface area contributed by atoms with Crippen LogP contribution >= 0.6 is 0 Å². The van der Waals surface area contributed by atoms with Gasteiger partial charge in [0.1, 0.15) is 5.60 Å². The Kier molecular flexibility index (Phi) is 4.86. The van der Waals surface area contributed by atoms with Gasteiger partial charge >= 0.3 is 0 Å². The minimum atomic E-state index is -0.645. The molecule has 1 amide bonds. The fraction of sp³-hybridized carbons (Fsp3) is 0.440. The molecule has 1 N–H and O–H groups in total. The van der Waals surface area contributed by atoms with E-state index in [1.165, 1.54) is 27.8 Å². The van der Waals surface area contributed by atoms with E-state index < -0.39 is 5.60 Å². The molecular formula is C25H29N3O2. The molecule has 4 heterocycles. The number of carbonyl (C=O) groups excluding carboxylic acids is 1. The molecule has 0 unspecified atom stereocenters. The molecule has 0 spiro atoms. The normalized spacial score (nSPS) is 24.5. The lowest BCUT2D eigenvalue weighted by molar-refractivity contribution is -0.152. The monoisotopic (exact) mass is 403 g/mol. The van der Waals surface area contributed by atoms with Crippen LogP contribution in [0.5, 0.6) is 0 Å². The number of pyridine rings is 1. The summed E-state index contributed by atoms with van der Waals surface area (Å²) in [5.74, 6) is 0.436. The van der Waals surface area contributed by atoms with Crippen LogP contribution < -0.4 is 0 Å². The minimum Gasteiger partial charge on any atom is -0.365 e. The maximum Gasteiger partial charge on any atom is 0.254 e. The Morgan fingerprint density at radius 2 is 2.07 bits per heavy atom. The average Bonchev–Trinajstić information content (AvgIpc) is 3.38. The molecule has 156 valence electrons. The number of benzene rings is 1. The van der Waals surface area contributed by atoms with Gasteiger partial charge in [-0.25, -0.2) is 0 Å². The van der Waals surface area contributed by atoms with E-state index in [4.69, 9.17) is 4.74 Å². The lowest BCUT2D eigenvalue weighted by Gasteiger charge is -2.37. The second-order valence-electron chi connectivity index (χ2n) is 8.97. The van der Waals surface area contributed by atoms with Crippen LogP contribution in [-0.2, 0) is 9.53 Å². The maximum atomic E-state index is 13.3. The van der Waals surface area contributed by atoms with Crippen LogP contribution in [0.2, 0.25) is 0 Å². The van der Waals surface area contributed by atoms with Crippen molar-refractivity contribution in [2.24, 2.45) is 0 Å². The number of H-pyrrole nitrogens is 1. The van der Waals surface area contributed by atoms with Crippen molar-refractivity contribution in [1.82, 2.24) is 14.9 Å². The maximum absolute atomic E-state index is 13.3. The summed E-state index contributed by atoms with van der Waals surface area (Å²) in [6.07, 6.45) is 7.57. The van der Waals surface area contributed by atoms with Crippen molar-refractivity contribution in [3.63, 3.8) is 0 Å². The summed E-state index contributed by atoms with van der Waals surface area (Å²) in [6, 6.07) is 10.7. The van der Waals surface area contributed by atoms with Crippen LogP contribution in [0.4, 0.5) is 0 Å². The third kappa shape index (κ3) is 3.31. The predicted molar refractivity (Wildman–Crippen MR) is 118 cm³/mol. The first-order valence-corrected chi connectivity index (χ1v) is 11.0. The molecule has 2 aromatic heterocycles. The molecule has 2 saturated heterocycles. The summed E-state index contributed by atoms with van der Waals surface area (Å²) in [7, 11) is 0. The lowest BCUT2D eigenvalue weighted by Crippen LogP contribution is -2.50. The molecule has 2 fully saturated rings. The van der Waals surface area contributed by atoms with Gasteiger partial charge in [0.15, 0.2) is 0 Å². The van der Waals surface area contributed by atoms with Gasteiger partial charge in [0, 0.05) is 60.2 Å². The van der Waals surface area contributed by atoms with E-state index in [0.29, 0.717) is 6.61 Å². The number of aromatic nitrogens is 2. The summed E-state index contributed by atoms with van der Waals surface area (Å²) in [6.45, 7) is 6.33. The van der Waals surface area contributed by atoms with E-state index in [1.54, 1.807) is 0 Å². The van der Waals surface area contributed by atoms with Crippen molar-refractivity contribution < 1.29 is 9.53 Å². The van der Waals surface area contributed by atoms with Crippen LogP contribution in [0.15, 0.2) is 42.7 Å². The standard InChI is InChI=1S/C25H29N3O2/c1-17-6-7-21-20(15-17)22(18-8-11-26-12-9-18)23(27-21)19-5-3-13-28(16-19)24(29)25(2)10-4-14-30-25/h6-9,11-12,15,19,27H,3-5,10,13-14,16H2,1-2H3/t19-,25-/m1/s1. The lowest BCUT2D eigenvalue weighted by atomic mass is 9.88. The van der Waals surface area contributed by atoms with Crippen molar-refractivity contribution in [2.45, 2.75) is 51.0 Å². The van der Waals surface area contributed by atoms with Gasteiger partial charge in [-0.2, -0.15) is 0 Å². The van der Waals surface area contributed by atoms with E-state index in [-0.39, 0.29) is 11.8 Å². The Balaban J connectivity index is 1.53. The van der Waals surface area contributed by atoms with Crippen LogP contribution in [-0.4, -0.2) is 46.1 Å². The second-order valence-corrected chi connectivity index (χ2v) is 8.97. The molecule has 5 rings (SSSR count). The number of carbonyl (C=O) groups is 1. The topological polar surface area (TPSA) is 58.2 Å². The first-order valence-electron chi connectivity index (χ1n) is 11.0. The van der Waals surface area contributed by atoms with Crippen molar-refractivity contribution in [2.75, 3.05) is 19.7 Å². The number of rotatable bonds is 3. The molecule has 0 saturated carbocycles. The molecule has 5 nitrogen and oxygen atoms in total. The van der Waals surface area contributed by atoms with Crippen molar-refractivity contribution in [3.05, 3.63) is 54.0 Å². The summed E-state index contributed by atoms with van der Waals surface area (Å²) < 4.78 is 5.84. The molecule has 0 bridgehead atoms. The van der Waals surface area contributed by atoms with E-state index in [1.807, 2.05) is 24.2 Å². The number of likely N-dealkylation sites (tertiary alicyclic amines) is 1. The quantitative estimate of drug-likeness (QED) is 0.682. The number of aromatic amines is 1. The number of hydrogen-bond donors (Lipinski definition) is 1. The Morgan fingerprint density at radius 3 is 2.83 bits per heavy atom. The van der Waals surface area contributed by atoms with Gasteiger partial charge in [-0.3, -0.25) is 9.78 Å². The van der Waals surface area contributed by atoms with E-state index in [9.17, 15) is 4.79 Å². The van der Waals surface area contributed by atoms with Crippen molar-refractivity contribution in [3.8, 4) is 11.1 Å². The van der Waals surface area contributed by atoms with E-state index >= 15 is 0 Å². The van der Waals surface area contributed by atoms with Gasteiger partial charge < -0.3 is 14.6 Å². The molecule has 5 heteroatoms. The Hall–Kier alpha value is -2.66. The molecule has 0 radical (unpaired) electrons. The average molecular weight is 404 g/mol. The third-order valence-electron chi connectivity index (χ3n) is 6.74. The molecule has 0 aliphatic carbocycles. The molecule has 2 atom stereocenters. The van der Waals surface area contributed by atoms with Gasteiger partial charge in [-0.1, -0.05) is 11.6 Å². The Bertz CT molecular complexity index is 1070.